The molecule has 27 heavy (non-hydrogen) atoms. The zero-order valence-corrected chi connectivity index (χ0v) is 14.9. The van der Waals surface area contributed by atoms with Gasteiger partial charge in [-0.25, -0.2) is 0 Å². The Kier molecular flexibility index (Phi) is 7.88. The Bertz CT molecular complexity index is 492. The van der Waals surface area contributed by atoms with Crippen LogP contribution in [0.3, 0.4) is 0 Å². The summed E-state index contributed by atoms with van der Waals surface area (Å²) in [5.41, 5.74) is 0. The number of amides is 1. The minimum absolute atomic E-state index is 0.473. The second-order valence-corrected chi connectivity index (χ2v) is 6.48. The Labute approximate surface area is 155 Å². The lowest BCUT2D eigenvalue weighted by Crippen LogP contribution is -2.67. The van der Waals surface area contributed by atoms with Crippen molar-refractivity contribution in [2.45, 2.75) is 68.3 Å². The summed E-state index contributed by atoms with van der Waals surface area (Å²) in [7, 11) is 1.29. The van der Waals surface area contributed by atoms with Gasteiger partial charge in [0.2, 0.25) is 5.91 Å². The molecule has 2 aliphatic rings. The SMILES string of the molecule is CO[C@@H]1O[C@H](CO)[C@@H](O[C@@H]2O[C@H](CO)[C@H](O)[C@H](O)[C@@H]2O)[C@H](O)[C@H]1NC(C)=O. The first kappa shape index (κ1) is 22.4. The maximum atomic E-state index is 11.4. The van der Waals surface area contributed by atoms with Crippen LogP contribution >= 0.6 is 0 Å². The molecule has 158 valence electrons. The first-order chi connectivity index (χ1) is 12.7. The van der Waals surface area contributed by atoms with Gasteiger partial charge in [0.25, 0.3) is 0 Å². The van der Waals surface area contributed by atoms with Gasteiger partial charge in [-0.3, -0.25) is 4.79 Å². The molecular formula is C15H27NO11. The standard InChI is InChI=1S/C15H27NO11/c1-5(19)16-8-10(21)13(7(4-18)26-14(8)24-2)27-15-12(23)11(22)9(20)6(3-17)25-15/h6-15,17-18,20-23H,3-4H2,1-2H3,(H,16,19)/t6-,7-,8-,9+,10-,11+,12+,13-,14-,15+/m1/s1. The summed E-state index contributed by atoms with van der Waals surface area (Å²) in [4.78, 5) is 11.4. The lowest BCUT2D eigenvalue weighted by atomic mass is 9.95. The molecule has 0 bridgehead atoms. The first-order valence-electron chi connectivity index (χ1n) is 8.45. The molecule has 0 aromatic rings. The highest BCUT2D eigenvalue weighted by molar-refractivity contribution is 5.73. The van der Waals surface area contributed by atoms with Crippen LogP contribution in [0.15, 0.2) is 0 Å². The number of nitrogens with one attached hydrogen (secondary N) is 1. The van der Waals surface area contributed by atoms with E-state index in [0.29, 0.717) is 0 Å². The molecule has 2 saturated heterocycles. The largest absolute Gasteiger partial charge is 0.394 e. The molecule has 12 heteroatoms. The third-order valence-corrected chi connectivity index (χ3v) is 4.59. The highest BCUT2D eigenvalue weighted by Gasteiger charge is 2.51. The highest BCUT2D eigenvalue weighted by Crippen LogP contribution is 2.29. The van der Waals surface area contributed by atoms with Crippen molar-refractivity contribution < 1.29 is 54.4 Å². The Balaban J connectivity index is 2.19. The molecule has 0 aromatic heterocycles. The summed E-state index contributed by atoms with van der Waals surface area (Å²) in [6.45, 7) is -0.0188. The van der Waals surface area contributed by atoms with E-state index >= 15 is 0 Å². The van der Waals surface area contributed by atoms with E-state index in [4.69, 9.17) is 18.9 Å². The van der Waals surface area contributed by atoms with Gasteiger partial charge in [0.15, 0.2) is 12.6 Å². The van der Waals surface area contributed by atoms with Crippen LogP contribution in [-0.2, 0) is 23.7 Å². The predicted octanol–water partition coefficient (Wildman–Crippen LogP) is -4.60. The van der Waals surface area contributed by atoms with Crippen molar-refractivity contribution in [1.29, 1.82) is 0 Å². The van der Waals surface area contributed by atoms with Crippen molar-refractivity contribution in [1.82, 2.24) is 5.32 Å². The Morgan fingerprint density at radius 2 is 1.52 bits per heavy atom. The molecule has 0 unspecified atom stereocenters. The van der Waals surface area contributed by atoms with Crippen molar-refractivity contribution in [3.05, 3.63) is 0 Å². The molecule has 0 saturated carbocycles. The number of ether oxygens (including phenoxy) is 4. The van der Waals surface area contributed by atoms with E-state index in [9.17, 15) is 35.4 Å². The lowest BCUT2D eigenvalue weighted by Gasteiger charge is -2.46. The number of carbonyl (C=O) groups is 1. The molecule has 2 aliphatic heterocycles. The van der Waals surface area contributed by atoms with Gasteiger partial charge in [-0.15, -0.1) is 0 Å². The minimum atomic E-state index is -1.70. The van der Waals surface area contributed by atoms with Crippen LogP contribution in [0.2, 0.25) is 0 Å². The number of hydrogen-bond donors (Lipinski definition) is 7. The lowest BCUT2D eigenvalue weighted by molar-refractivity contribution is -0.346. The fraction of sp³-hybridized carbons (Fsp3) is 0.933. The van der Waals surface area contributed by atoms with Gasteiger partial charge in [0.05, 0.1) is 13.2 Å². The van der Waals surface area contributed by atoms with E-state index in [0.717, 1.165) is 0 Å². The zero-order valence-electron chi connectivity index (χ0n) is 14.9. The molecule has 12 nitrogen and oxygen atoms in total. The first-order valence-corrected chi connectivity index (χ1v) is 8.45. The summed E-state index contributed by atoms with van der Waals surface area (Å²) in [5.74, 6) is -0.473. The monoisotopic (exact) mass is 397 g/mol. The topological polar surface area (TPSA) is 187 Å². The van der Waals surface area contributed by atoms with Crippen molar-refractivity contribution in [3.8, 4) is 0 Å². The molecule has 0 radical (unpaired) electrons. The summed E-state index contributed by atoms with van der Waals surface area (Å²) < 4.78 is 21.3. The smallest absolute Gasteiger partial charge is 0.217 e. The summed E-state index contributed by atoms with van der Waals surface area (Å²) >= 11 is 0. The highest BCUT2D eigenvalue weighted by atomic mass is 16.7. The fourth-order valence-electron chi connectivity index (χ4n) is 3.16. The summed E-state index contributed by atoms with van der Waals surface area (Å²) in [6, 6.07) is -1.05. The number of carbonyl (C=O) groups excluding carboxylic acids is 1. The van der Waals surface area contributed by atoms with Gasteiger partial charge in [-0.2, -0.15) is 0 Å². The number of hydrogen-bond acceptors (Lipinski definition) is 11. The number of aliphatic hydroxyl groups is 6. The molecule has 1 amide bonds. The van der Waals surface area contributed by atoms with Gasteiger partial charge in [0, 0.05) is 14.0 Å². The maximum Gasteiger partial charge on any atom is 0.217 e. The molecule has 2 heterocycles. The average Bonchev–Trinajstić information content (AvgIpc) is 2.64. The van der Waals surface area contributed by atoms with Gasteiger partial charge in [0.1, 0.15) is 48.8 Å². The molecule has 10 atom stereocenters. The van der Waals surface area contributed by atoms with Crippen LogP contribution in [0.1, 0.15) is 6.92 Å². The number of aliphatic hydroxyl groups excluding tert-OH is 6. The van der Waals surface area contributed by atoms with Gasteiger partial charge < -0.3 is 54.9 Å². The maximum absolute atomic E-state index is 11.4. The molecule has 7 N–H and O–H groups in total. The molecule has 0 spiro atoms. The minimum Gasteiger partial charge on any atom is -0.394 e. The Morgan fingerprint density at radius 3 is 2.04 bits per heavy atom. The molecule has 0 aliphatic carbocycles. The van der Waals surface area contributed by atoms with Crippen molar-refractivity contribution in [2.75, 3.05) is 20.3 Å². The normalized spacial score (nSPS) is 45.5. The van der Waals surface area contributed by atoms with E-state index in [1.54, 1.807) is 0 Å². The molecule has 2 fully saturated rings. The number of methoxy groups -OCH3 is 1. The van der Waals surface area contributed by atoms with Crippen LogP contribution < -0.4 is 5.32 Å². The van der Waals surface area contributed by atoms with Crippen LogP contribution in [0.5, 0.6) is 0 Å². The molecule has 2 rings (SSSR count). The Morgan fingerprint density at radius 1 is 0.926 bits per heavy atom. The fourth-order valence-corrected chi connectivity index (χ4v) is 3.16. The van der Waals surface area contributed by atoms with Gasteiger partial charge in [-0.05, 0) is 0 Å². The van der Waals surface area contributed by atoms with Crippen LogP contribution in [-0.4, -0.2) is 118 Å². The Hall–Kier alpha value is -0.930. The van der Waals surface area contributed by atoms with Crippen molar-refractivity contribution in [3.63, 3.8) is 0 Å². The quantitative estimate of drug-likeness (QED) is 0.228. The van der Waals surface area contributed by atoms with Crippen LogP contribution in [0.4, 0.5) is 0 Å². The van der Waals surface area contributed by atoms with Crippen molar-refractivity contribution >= 4 is 5.91 Å². The predicted molar refractivity (Wildman–Crippen MR) is 85.0 cm³/mol. The molecular weight excluding hydrogens is 370 g/mol. The average molecular weight is 397 g/mol. The van der Waals surface area contributed by atoms with Gasteiger partial charge in [-0.1, -0.05) is 0 Å². The van der Waals surface area contributed by atoms with E-state index < -0.39 is 80.5 Å². The number of rotatable bonds is 6. The zero-order chi connectivity index (χ0) is 20.3. The van der Waals surface area contributed by atoms with E-state index in [1.807, 2.05) is 0 Å². The second-order valence-electron chi connectivity index (χ2n) is 6.48. The van der Waals surface area contributed by atoms with Crippen LogP contribution in [0, 0.1) is 0 Å². The van der Waals surface area contributed by atoms with Crippen LogP contribution in [0.25, 0.3) is 0 Å². The third-order valence-electron chi connectivity index (χ3n) is 4.59. The van der Waals surface area contributed by atoms with Gasteiger partial charge >= 0.3 is 0 Å². The summed E-state index contributed by atoms with van der Waals surface area (Å²) in [5, 5.41) is 61.6. The van der Waals surface area contributed by atoms with E-state index in [1.165, 1.54) is 14.0 Å². The summed E-state index contributed by atoms with van der Waals surface area (Å²) in [6.07, 6.45) is -12.6. The molecule has 0 aromatic carbocycles. The van der Waals surface area contributed by atoms with E-state index in [-0.39, 0.29) is 0 Å². The third kappa shape index (κ3) is 4.74. The van der Waals surface area contributed by atoms with Crippen molar-refractivity contribution in [2.24, 2.45) is 0 Å². The van der Waals surface area contributed by atoms with E-state index in [2.05, 4.69) is 5.32 Å². The second kappa shape index (κ2) is 9.52.